The largest absolute Gasteiger partial charge is 0.340 e. The number of amides is 5. The molecule has 1 unspecified atom stereocenters. The molecule has 2 saturated heterocycles. The second kappa shape index (κ2) is 20.2. The van der Waals surface area contributed by atoms with E-state index in [1.165, 1.54) is 0 Å². The molecule has 5 aromatic rings. The Morgan fingerprint density at radius 1 is 0.781 bits per heavy atom. The quantitative estimate of drug-likeness (QED) is 0.0622. The molecule has 5 amide bonds. The fourth-order valence-electron chi connectivity index (χ4n) is 8.93. The fraction of sp³-hybridized carbons (Fsp3) is 0.353. The summed E-state index contributed by atoms with van der Waals surface area (Å²) >= 11 is 0. The van der Waals surface area contributed by atoms with Crippen molar-refractivity contribution in [2.24, 2.45) is 0 Å². The first-order valence-electron chi connectivity index (χ1n) is 22.4. The Hall–Kier alpha value is -6.73. The third kappa shape index (κ3) is 10.4. The van der Waals surface area contributed by atoms with Gasteiger partial charge in [-0.1, -0.05) is 73.9 Å². The summed E-state index contributed by atoms with van der Waals surface area (Å²) in [5, 5.41) is 2.24. The van der Waals surface area contributed by atoms with Crippen molar-refractivity contribution in [2.75, 3.05) is 26.2 Å². The average Bonchev–Trinajstić information content (AvgIpc) is 3.56. The third-order valence-electron chi connectivity index (χ3n) is 12.6. The van der Waals surface area contributed by atoms with E-state index in [1.807, 2.05) is 59.5 Å². The highest BCUT2D eigenvalue weighted by Gasteiger charge is 2.45. The van der Waals surface area contributed by atoms with E-state index in [0.717, 1.165) is 95.7 Å². The minimum atomic E-state index is -0.975. The summed E-state index contributed by atoms with van der Waals surface area (Å²) in [7, 11) is 0. The summed E-state index contributed by atoms with van der Waals surface area (Å²) in [6.45, 7) is 5.80. The smallest absolute Gasteiger partial charge is 0.262 e. The van der Waals surface area contributed by atoms with Crippen molar-refractivity contribution in [3.8, 4) is 11.3 Å². The fourth-order valence-corrected chi connectivity index (χ4v) is 8.93. The van der Waals surface area contributed by atoms with Crippen molar-refractivity contribution in [2.45, 2.75) is 90.1 Å². The van der Waals surface area contributed by atoms with E-state index < -0.39 is 29.7 Å². The van der Waals surface area contributed by atoms with Crippen molar-refractivity contribution in [1.29, 1.82) is 0 Å². The molecule has 1 atom stereocenters. The minimum absolute atomic E-state index is 0.0661. The number of carbonyl (C=O) groups excluding carboxylic acids is 6. The first-order chi connectivity index (χ1) is 31.1. The summed E-state index contributed by atoms with van der Waals surface area (Å²) < 4.78 is 0. The number of rotatable bonds is 17. The van der Waals surface area contributed by atoms with Crippen LogP contribution in [0.4, 0.5) is 0 Å². The van der Waals surface area contributed by atoms with Gasteiger partial charge in [0.25, 0.3) is 11.8 Å². The van der Waals surface area contributed by atoms with Crippen molar-refractivity contribution in [1.82, 2.24) is 35.0 Å². The lowest BCUT2D eigenvalue weighted by Crippen LogP contribution is -2.54. The second-order valence-electron chi connectivity index (χ2n) is 17.0. The number of nitrogens with one attached hydrogen (secondary N) is 1. The highest BCUT2D eigenvalue weighted by molar-refractivity contribution is 6.24. The number of ketones is 1. The number of pyridine rings is 1. The van der Waals surface area contributed by atoms with Gasteiger partial charge >= 0.3 is 0 Å². The molecule has 0 radical (unpaired) electrons. The highest BCUT2D eigenvalue weighted by Crippen LogP contribution is 2.31. The first kappa shape index (κ1) is 43.9. The molecule has 3 aliphatic rings. The number of piperazine rings is 1. The zero-order valence-corrected chi connectivity index (χ0v) is 36.3. The van der Waals surface area contributed by atoms with Crippen LogP contribution in [0.1, 0.15) is 116 Å². The van der Waals surface area contributed by atoms with E-state index >= 15 is 0 Å². The molecule has 8 rings (SSSR count). The number of hydrogen-bond acceptors (Lipinski definition) is 10. The molecule has 0 spiro atoms. The molecule has 0 aliphatic carbocycles. The molecule has 13 nitrogen and oxygen atoms in total. The number of carbonyl (C=O) groups is 6. The van der Waals surface area contributed by atoms with Crippen LogP contribution in [0.15, 0.2) is 97.5 Å². The molecule has 0 saturated carbocycles. The third-order valence-corrected chi connectivity index (χ3v) is 12.6. The van der Waals surface area contributed by atoms with E-state index in [9.17, 15) is 28.8 Å². The molecule has 64 heavy (non-hydrogen) atoms. The van der Waals surface area contributed by atoms with Gasteiger partial charge < -0.3 is 4.90 Å². The molecule has 2 aromatic heterocycles. The van der Waals surface area contributed by atoms with Crippen LogP contribution in [0.5, 0.6) is 0 Å². The summed E-state index contributed by atoms with van der Waals surface area (Å²) in [6.07, 6.45) is 12.0. The number of nitrogens with zero attached hydrogens (tertiary/aromatic N) is 6. The van der Waals surface area contributed by atoms with Gasteiger partial charge in [0.2, 0.25) is 17.7 Å². The highest BCUT2D eigenvalue weighted by atomic mass is 16.2. The minimum Gasteiger partial charge on any atom is -0.340 e. The van der Waals surface area contributed by atoms with Gasteiger partial charge in [-0.2, -0.15) is 0 Å². The topological polar surface area (TPSA) is 163 Å². The normalized spacial score (nSPS) is 16.5. The Bertz CT molecular complexity index is 2550. The zero-order chi connectivity index (χ0) is 44.6. The molecule has 2 fully saturated rings. The number of fused-ring (bicyclic) bond motifs is 1. The maximum absolute atomic E-state index is 13.4. The van der Waals surface area contributed by atoms with Gasteiger partial charge in [0, 0.05) is 88.1 Å². The Labute approximate surface area is 373 Å². The molecule has 3 aromatic carbocycles. The van der Waals surface area contributed by atoms with Crippen LogP contribution in [-0.2, 0) is 40.2 Å². The maximum Gasteiger partial charge on any atom is 0.262 e. The lowest BCUT2D eigenvalue weighted by molar-refractivity contribution is -0.136. The first-order valence-corrected chi connectivity index (χ1v) is 22.4. The SMILES string of the molecule is Cc1ccc(CC(=O)c2ccc(CN3CCN(C(=O)CCCCCCCc4cccc5c4C(=O)N(C4CCC(=O)NC4=O)C5=O)CC3)cc2)cc1Cc1nccc(-c2cccnc2)n1. The van der Waals surface area contributed by atoms with Gasteiger partial charge in [-0.05, 0) is 84.7 Å². The van der Waals surface area contributed by atoms with E-state index in [0.29, 0.717) is 61.3 Å². The Morgan fingerprint density at radius 3 is 2.34 bits per heavy atom. The van der Waals surface area contributed by atoms with Crippen LogP contribution in [0.3, 0.4) is 0 Å². The van der Waals surface area contributed by atoms with Crippen LogP contribution in [0.2, 0.25) is 0 Å². The van der Waals surface area contributed by atoms with Crippen LogP contribution in [0.25, 0.3) is 11.3 Å². The van der Waals surface area contributed by atoms with Gasteiger partial charge in [0.05, 0.1) is 16.8 Å². The molecule has 5 heterocycles. The average molecular weight is 860 g/mol. The lowest BCUT2D eigenvalue weighted by Gasteiger charge is -2.35. The summed E-state index contributed by atoms with van der Waals surface area (Å²) in [4.78, 5) is 95.8. The van der Waals surface area contributed by atoms with Gasteiger partial charge in [0.1, 0.15) is 11.9 Å². The lowest BCUT2D eigenvalue weighted by atomic mass is 9.97. The molecular weight excluding hydrogens is 807 g/mol. The van der Waals surface area contributed by atoms with Crippen LogP contribution >= 0.6 is 0 Å². The zero-order valence-electron chi connectivity index (χ0n) is 36.3. The summed E-state index contributed by atoms with van der Waals surface area (Å²) in [5.41, 5.74) is 8.22. The number of hydrogen-bond donors (Lipinski definition) is 1. The molecule has 1 N–H and O–H groups in total. The van der Waals surface area contributed by atoms with Crippen LogP contribution < -0.4 is 5.32 Å². The number of aryl methyl sites for hydroxylation is 2. The number of imide groups is 2. The number of benzene rings is 3. The molecule has 328 valence electrons. The molecular formula is C51H53N7O6. The van der Waals surface area contributed by atoms with Crippen molar-refractivity contribution >= 4 is 35.3 Å². The molecule has 0 bridgehead atoms. The number of Topliss-reactive ketones (excluding diaryl/α,β-unsaturated/α-hetero) is 1. The summed E-state index contributed by atoms with van der Waals surface area (Å²) in [5.74, 6) is -0.990. The predicted octanol–water partition coefficient (Wildman–Crippen LogP) is 6.49. The van der Waals surface area contributed by atoms with E-state index in [1.54, 1.807) is 30.7 Å². The molecule has 3 aliphatic heterocycles. The maximum atomic E-state index is 13.4. The van der Waals surface area contributed by atoms with E-state index in [2.05, 4.69) is 39.2 Å². The summed E-state index contributed by atoms with van der Waals surface area (Å²) in [6, 6.07) is 24.1. The van der Waals surface area contributed by atoms with Crippen molar-refractivity contribution < 1.29 is 28.8 Å². The Balaban J connectivity index is 0.724. The van der Waals surface area contributed by atoms with Gasteiger partial charge in [-0.3, -0.25) is 48.9 Å². The van der Waals surface area contributed by atoms with Crippen molar-refractivity contribution in [3.63, 3.8) is 0 Å². The van der Waals surface area contributed by atoms with Gasteiger partial charge in [-0.15, -0.1) is 0 Å². The predicted molar refractivity (Wildman–Crippen MR) is 240 cm³/mol. The Morgan fingerprint density at radius 2 is 1.56 bits per heavy atom. The monoisotopic (exact) mass is 859 g/mol. The van der Waals surface area contributed by atoms with E-state index in [4.69, 9.17) is 4.98 Å². The van der Waals surface area contributed by atoms with Crippen molar-refractivity contribution in [3.05, 3.63) is 148 Å². The van der Waals surface area contributed by atoms with Gasteiger partial charge in [-0.25, -0.2) is 9.97 Å². The standard InChI is InChI=1S/C51H53N7O6/c1-34-14-15-36(29-40(34)31-45-53-24-22-42(54-45)39-11-8-23-52-32-39)30-44(59)37-18-16-35(17-19-37)33-56-25-27-57(28-26-56)47(61)13-6-4-2-3-5-9-38-10-7-12-41-48(38)51(64)58(50(41)63)43-20-21-46(60)55-49(43)62/h7-8,10-12,14-19,22-24,29,32,43H,2-6,9,13,20-21,25-28,30-31,33H2,1H3,(H,55,60,62). The van der Waals surface area contributed by atoms with Crippen LogP contribution in [0, 0.1) is 6.92 Å². The van der Waals surface area contributed by atoms with Crippen LogP contribution in [-0.4, -0.2) is 97.2 Å². The second-order valence-corrected chi connectivity index (χ2v) is 17.0. The molecule has 13 heteroatoms. The van der Waals surface area contributed by atoms with Gasteiger partial charge in [0.15, 0.2) is 5.78 Å². The Kier molecular flexibility index (Phi) is 13.8. The number of aromatic nitrogens is 3. The number of piperidine rings is 1. The van der Waals surface area contributed by atoms with E-state index in [-0.39, 0.29) is 24.5 Å². The number of unbranched alkanes of at least 4 members (excludes halogenated alkanes) is 4.